The van der Waals surface area contributed by atoms with Gasteiger partial charge >= 0.3 is 0 Å². The zero-order valence-electron chi connectivity index (χ0n) is 15.0. The molecule has 0 aromatic heterocycles. The molecule has 0 radical (unpaired) electrons. The van der Waals surface area contributed by atoms with E-state index in [1.54, 1.807) is 0 Å². The molecule has 2 fully saturated rings. The molecular formula is C20H40. The Morgan fingerprint density at radius 1 is 0.600 bits per heavy atom. The van der Waals surface area contributed by atoms with Crippen LogP contribution in [-0.4, -0.2) is 0 Å². The Bertz CT molecular complexity index is 202. The van der Waals surface area contributed by atoms with Crippen molar-refractivity contribution in [2.75, 3.05) is 0 Å². The quantitative estimate of drug-likeness (QED) is 0.518. The highest BCUT2D eigenvalue weighted by Gasteiger charge is 2.23. The predicted molar refractivity (Wildman–Crippen MR) is 92.0 cm³/mol. The summed E-state index contributed by atoms with van der Waals surface area (Å²) >= 11 is 0. The van der Waals surface area contributed by atoms with E-state index in [0.717, 1.165) is 29.6 Å². The number of hydrogen-bond donors (Lipinski definition) is 0. The molecule has 0 amide bonds. The van der Waals surface area contributed by atoms with Crippen LogP contribution in [-0.2, 0) is 0 Å². The molecule has 0 nitrogen and oxygen atoms in total. The van der Waals surface area contributed by atoms with E-state index < -0.39 is 0 Å². The molecule has 0 unspecified atom stereocenters. The van der Waals surface area contributed by atoms with Gasteiger partial charge in [0, 0.05) is 0 Å². The molecule has 120 valence electrons. The zero-order chi connectivity index (χ0) is 15.0. The van der Waals surface area contributed by atoms with Gasteiger partial charge in [-0.3, -0.25) is 0 Å². The Labute approximate surface area is 129 Å². The normalized spacial score (nSPS) is 34.5. The Morgan fingerprint density at radius 2 is 0.900 bits per heavy atom. The van der Waals surface area contributed by atoms with Crippen molar-refractivity contribution in [2.45, 2.75) is 98.8 Å². The van der Waals surface area contributed by atoms with Crippen molar-refractivity contribution in [3.63, 3.8) is 0 Å². The minimum atomic E-state index is 1.01. The van der Waals surface area contributed by atoms with Crippen molar-refractivity contribution in [3.8, 4) is 0 Å². The maximum absolute atomic E-state index is 2.41. The van der Waals surface area contributed by atoms with Crippen LogP contribution in [0.4, 0.5) is 0 Å². The first-order chi connectivity index (χ1) is 9.56. The van der Waals surface area contributed by atoms with E-state index in [-0.39, 0.29) is 0 Å². The molecule has 0 aromatic rings. The van der Waals surface area contributed by atoms with Gasteiger partial charge in [-0.05, 0) is 42.4 Å². The molecule has 20 heavy (non-hydrogen) atoms. The van der Waals surface area contributed by atoms with Gasteiger partial charge in [0.15, 0.2) is 0 Å². The highest BCUT2D eigenvalue weighted by atomic mass is 14.3. The topological polar surface area (TPSA) is 0 Å². The molecule has 0 atom stereocenters. The van der Waals surface area contributed by atoms with E-state index in [0.29, 0.717) is 0 Å². The molecule has 2 rings (SSSR count). The first-order valence-electron chi connectivity index (χ1n) is 9.56. The van der Waals surface area contributed by atoms with Crippen molar-refractivity contribution in [1.82, 2.24) is 0 Å². The third-order valence-corrected chi connectivity index (χ3v) is 6.08. The first kappa shape index (κ1) is 18.1. The summed E-state index contributed by atoms with van der Waals surface area (Å²) in [6.45, 7) is 11.8. The van der Waals surface area contributed by atoms with Crippen LogP contribution in [0.2, 0.25) is 0 Å². The molecule has 0 spiro atoms. The van der Waals surface area contributed by atoms with Gasteiger partial charge in [0.2, 0.25) is 0 Å². The summed E-state index contributed by atoms with van der Waals surface area (Å²) < 4.78 is 0. The van der Waals surface area contributed by atoms with Gasteiger partial charge in [-0.2, -0.15) is 0 Å². The molecule has 2 aliphatic rings. The van der Waals surface area contributed by atoms with Crippen molar-refractivity contribution < 1.29 is 0 Å². The first-order valence-corrected chi connectivity index (χ1v) is 9.56. The van der Waals surface area contributed by atoms with Crippen molar-refractivity contribution in [3.05, 3.63) is 0 Å². The van der Waals surface area contributed by atoms with Gasteiger partial charge in [0.05, 0.1) is 0 Å². The van der Waals surface area contributed by atoms with Crippen LogP contribution < -0.4 is 0 Å². The van der Waals surface area contributed by atoms with Crippen LogP contribution in [0.25, 0.3) is 0 Å². The molecular weight excluding hydrogens is 240 g/mol. The summed E-state index contributed by atoms with van der Waals surface area (Å²) in [5.41, 5.74) is 0. The van der Waals surface area contributed by atoms with Crippen molar-refractivity contribution in [1.29, 1.82) is 0 Å². The lowest BCUT2D eigenvalue weighted by atomic mass is 9.74. The molecule has 2 saturated carbocycles. The van der Waals surface area contributed by atoms with E-state index in [2.05, 4.69) is 34.6 Å². The van der Waals surface area contributed by atoms with Gasteiger partial charge in [-0.1, -0.05) is 86.0 Å². The fourth-order valence-corrected chi connectivity index (χ4v) is 4.14. The van der Waals surface area contributed by atoms with Gasteiger partial charge in [0.1, 0.15) is 0 Å². The lowest BCUT2D eigenvalue weighted by Gasteiger charge is -2.31. The van der Waals surface area contributed by atoms with Gasteiger partial charge in [-0.15, -0.1) is 0 Å². The molecule has 0 aliphatic heterocycles. The molecule has 0 bridgehead atoms. The van der Waals surface area contributed by atoms with E-state index >= 15 is 0 Å². The van der Waals surface area contributed by atoms with Gasteiger partial charge < -0.3 is 0 Å². The molecule has 0 N–H and O–H groups in total. The lowest BCUT2D eigenvalue weighted by Crippen LogP contribution is -2.19. The average Bonchev–Trinajstić information content (AvgIpc) is 2.46. The standard InChI is InChI=1S/C12H24.C8H16/c1-4-11(5-2)12-8-6-10(3)7-9-12;1-7-3-5-8(2)6-4-7/h10-12H,4-9H2,1-3H3;7-8H,3-6H2,1-2H3. The SMILES string of the molecule is CC1CCC(C)CC1.CCC(CC)C1CCC(C)CC1. The second-order valence-corrected chi connectivity index (χ2v) is 7.96. The average molecular weight is 281 g/mol. The van der Waals surface area contributed by atoms with Crippen LogP contribution in [0.1, 0.15) is 98.8 Å². The highest BCUT2D eigenvalue weighted by molar-refractivity contribution is 4.75. The molecule has 0 heteroatoms. The summed E-state index contributed by atoms with van der Waals surface area (Å²) in [4.78, 5) is 0. The van der Waals surface area contributed by atoms with Crippen molar-refractivity contribution in [2.24, 2.45) is 29.6 Å². The minimum Gasteiger partial charge on any atom is -0.0651 e. The smallest absolute Gasteiger partial charge is 0.0386 e. The zero-order valence-corrected chi connectivity index (χ0v) is 15.0. The monoisotopic (exact) mass is 280 g/mol. The number of rotatable bonds is 3. The summed E-state index contributed by atoms with van der Waals surface area (Å²) in [5.74, 6) is 5.14. The fourth-order valence-electron chi connectivity index (χ4n) is 4.14. The van der Waals surface area contributed by atoms with E-state index in [9.17, 15) is 0 Å². The Balaban J connectivity index is 0.000000217. The maximum atomic E-state index is 2.41. The summed E-state index contributed by atoms with van der Waals surface area (Å²) in [5, 5.41) is 0. The van der Waals surface area contributed by atoms with Crippen LogP contribution in [0, 0.1) is 29.6 Å². The summed E-state index contributed by atoms with van der Waals surface area (Å²) in [6, 6.07) is 0. The van der Waals surface area contributed by atoms with Gasteiger partial charge in [-0.25, -0.2) is 0 Å². The van der Waals surface area contributed by atoms with E-state index in [4.69, 9.17) is 0 Å². The predicted octanol–water partition coefficient (Wildman–Crippen LogP) is 7.08. The number of hydrogen-bond acceptors (Lipinski definition) is 0. The Morgan fingerprint density at radius 3 is 1.20 bits per heavy atom. The van der Waals surface area contributed by atoms with E-state index in [1.807, 2.05) is 0 Å². The second-order valence-electron chi connectivity index (χ2n) is 7.96. The molecule has 0 heterocycles. The Kier molecular flexibility index (Phi) is 8.89. The lowest BCUT2D eigenvalue weighted by molar-refractivity contribution is 0.203. The minimum absolute atomic E-state index is 1.01. The summed E-state index contributed by atoms with van der Waals surface area (Å²) in [7, 11) is 0. The van der Waals surface area contributed by atoms with Crippen LogP contribution in [0.15, 0.2) is 0 Å². The molecule has 2 aliphatic carbocycles. The van der Waals surface area contributed by atoms with Gasteiger partial charge in [0.25, 0.3) is 0 Å². The third kappa shape index (κ3) is 6.64. The van der Waals surface area contributed by atoms with Crippen LogP contribution >= 0.6 is 0 Å². The molecule has 0 aromatic carbocycles. The Hall–Kier alpha value is 0. The largest absolute Gasteiger partial charge is 0.0651 e. The van der Waals surface area contributed by atoms with Crippen molar-refractivity contribution >= 4 is 0 Å². The fraction of sp³-hybridized carbons (Fsp3) is 1.00. The summed E-state index contributed by atoms with van der Waals surface area (Å²) in [6.07, 6.45) is 14.7. The van der Waals surface area contributed by atoms with E-state index in [1.165, 1.54) is 64.2 Å². The van der Waals surface area contributed by atoms with Crippen LogP contribution in [0.5, 0.6) is 0 Å². The molecule has 0 saturated heterocycles. The highest BCUT2D eigenvalue weighted by Crippen LogP contribution is 2.35. The maximum Gasteiger partial charge on any atom is -0.0386 e. The second kappa shape index (κ2) is 9.85. The van der Waals surface area contributed by atoms with Crippen LogP contribution in [0.3, 0.4) is 0 Å². The third-order valence-electron chi connectivity index (χ3n) is 6.08.